The Kier molecular flexibility index (Phi) is 7.70. The maximum absolute atomic E-state index is 13.6. The Balaban J connectivity index is 1.53. The second-order valence-corrected chi connectivity index (χ2v) is 9.68. The molecule has 8 heteroatoms. The van der Waals surface area contributed by atoms with Gasteiger partial charge in [0.1, 0.15) is 30.5 Å². The van der Waals surface area contributed by atoms with E-state index < -0.39 is 0 Å². The maximum Gasteiger partial charge on any atom is 0.254 e. The quantitative estimate of drug-likeness (QED) is 0.443. The molecule has 0 N–H and O–H groups in total. The number of carbonyl (C=O) groups is 2. The zero-order valence-electron chi connectivity index (χ0n) is 20.1. The van der Waals surface area contributed by atoms with Gasteiger partial charge in [0.25, 0.3) is 5.91 Å². The Morgan fingerprint density at radius 2 is 1.91 bits per heavy atom. The summed E-state index contributed by atoms with van der Waals surface area (Å²) < 4.78 is 24.5. The van der Waals surface area contributed by atoms with E-state index in [1.165, 1.54) is 17.0 Å². The van der Waals surface area contributed by atoms with Gasteiger partial charge in [-0.1, -0.05) is 6.07 Å². The molecule has 2 aromatic carbocycles. The summed E-state index contributed by atoms with van der Waals surface area (Å²) in [5, 5.41) is 2.02. The Bertz CT molecular complexity index is 1180. The van der Waals surface area contributed by atoms with Crippen LogP contribution in [0.15, 0.2) is 60.0 Å². The van der Waals surface area contributed by atoms with Gasteiger partial charge in [0, 0.05) is 23.0 Å². The number of amides is 2. The standard InChI is InChI=1S/C27H29FN2O4S/c1-18(2)30(27(32)19-5-4-6-22(15-19)33-3)16-26(31)29-13-11-25-23(12-14-35-25)24(29)17-34-21-9-7-20(28)8-10-21/h4-10,12,14-15,18,24H,11,13,16-17H2,1-3H3/t24-/m0/s1. The number of nitrogens with zero attached hydrogens (tertiary/aromatic N) is 2. The minimum absolute atomic E-state index is 0.0414. The third-order valence-electron chi connectivity index (χ3n) is 6.14. The smallest absolute Gasteiger partial charge is 0.254 e. The fraction of sp³-hybridized carbons (Fsp3) is 0.333. The molecule has 0 aliphatic carbocycles. The van der Waals surface area contributed by atoms with Crippen molar-refractivity contribution in [1.29, 1.82) is 0 Å². The highest BCUT2D eigenvalue weighted by molar-refractivity contribution is 7.10. The van der Waals surface area contributed by atoms with E-state index in [0.717, 1.165) is 12.0 Å². The van der Waals surface area contributed by atoms with Crippen LogP contribution in [-0.4, -0.2) is 54.5 Å². The van der Waals surface area contributed by atoms with E-state index in [0.29, 0.717) is 23.6 Å². The van der Waals surface area contributed by atoms with Crippen molar-refractivity contribution in [3.63, 3.8) is 0 Å². The van der Waals surface area contributed by atoms with Gasteiger partial charge < -0.3 is 19.3 Å². The summed E-state index contributed by atoms with van der Waals surface area (Å²) in [5.74, 6) is 0.434. The van der Waals surface area contributed by atoms with Crippen molar-refractivity contribution < 1.29 is 23.5 Å². The van der Waals surface area contributed by atoms with Gasteiger partial charge in [-0.15, -0.1) is 11.3 Å². The fourth-order valence-electron chi connectivity index (χ4n) is 4.23. The average molecular weight is 497 g/mol. The van der Waals surface area contributed by atoms with Crippen molar-refractivity contribution in [1.82, 2.24) is 9.80 Å². The number of ether oxygens (including phenoxy) is 2. The molecule has 1 aliphatic heterocycles. The summed E-state index contributed by atoms with van der Waals surface area (Å²) >= 11 is 1.67. The van der Waals surface area contributed by atoms with Crippen LogP contribution in [0.25, 0.3) is 0 Å². The van der Waals surface area contributed by atoms with Gasteiger partial charge in [0.2, 0.25) is 5.91 Å². The Hall–Kier alpha value is -3.39. The lowest BCUT2D eigenvalue weighted by Crippen LogP contribution is -2.49. The molecule has 1 aromatic heterocycles. The van der Waals surface area contributed by atoms with E-state index in [1.54, 1.807) is 64.6 Å². The van der Waals surface area contributed by atoms with Crippen molar-refractivity contribution in [2.24, 2.45) is 0 Å². The Morgan fingerprint density at radius 3 is 2.63 bits per heavy atom. The number of benzene rings is 2. The van der Waals surface area contributed by atoms with E-state index in [2.05, 4.69) is 0 Å². The second kappa shape index (κ2) is 10.9. The van der Waals surface area contributed by atoms with E-state index in [9.17, 15) is 14.0 Å². The van der Waals surface area contributed by atoms with Gasteiger partial charge >= 0.3 is 0 Å². The SMILES string of the molecule is COc1cccc(C(=O)N(CC(=O)N2CCc3sccc3[C@@H]2COc2ccc(F)cc2)C(C)C)c1. The number of rotatable bonds is 8. The summed E-state index contributed by atoms with van der Waals surface area (Å²) in [6.45, 7) is 4.54. The molecule has 1 aliphatic rings. The van der Waals surface area contributed by atoms with Gasteiger partial charge in [0.05, 0.1) is 13.2 Å². The zero-order valence-corrected chi connectivity index (χ0v) is 20.9. The molecule has 0 saturated carbocycles. The Morgan fingerprint density at radius 1 is 1.14 bits per heavy atom. The van der Waals surface area contributed by atoms with Crippen molar-refractivity contribution in [2.75, 3.05) is 26.8 Å². The van der Waals surface area contributed by atoms with Crippen LogP contribution in [0, 0.1) is 5.82 Å². The molecule has 0 radical (unpaired) electrons. The molecular weight excluding hydrogens is 467 g/mol. The molecule has 6 nitrogen and oxygen atoms in total. The van der Waals surface area contributed by atoms with E-state index in [1.807, 2.05) is 25.3 Å². The number of fused-ring (bicyclic) bond motifs is 1. The number of halogens is 1. The number of hydrogen-bond donors (Lipinski definition) is 0. The topological polar surface area (TPSA) is 59.1 Å². The van der Waals surface area contributed by atoms with Crippen molar-refractivity contribution in [2.45, 2.75) is 32.4 Å². The summed E-state index contributed by atoms with van der Waals surface area (Å²) in [7, 11) is 1.55. The van der Waals surface area contributed by atoms with Crippen LogP contribution in [0.4, 0.5) is 4.39 Å². The predicted molar refractivity (Wildman–Crippen MR) is 134 cm³/mol. The molecule has 4 rings (SSSR count). The lowest BCUT2D eigenvalue weighted by atomic mass is 10.00. The number of carbonyl (C=O) groups excluding carboxylic acids is 2. The molecular formula is C27H29FN2O4S. The van der Waals surface area contributed by atoms with Crippen LogP contribution in [0.3, 0.4) is 0 Å². The molecule has 0 saturated heterocycles. The van der Waals surface area contributed by atoms with Crippen molar-refractivity contribution in [3.8, 4) is 11.5 Å². The van der Waals surface area contributed by atoms with Crippen LogP contribution >= 0.6 is 11.3 Å². The monoisotopic (exact) mass is 496 g/mol. The number of methoxy groups -OCH3 is 1. The first-order chi connectivity index (χ1) is 16.9. The highest BCUT2D eigenvalue weighted by atomic mass is 32.1. The molecule has 0 fully saturated rings. The first kappa shape index (κ1) is 24.7. The average Bonchev–Trinajstić information content (AvgIpc) is 3.35. The van der Waals surface area contributed by atoms with Crippen molar-refractivity contribution in [3.05, 3.63) is 81.8 Å². The highest BCUT2D eigenvalue weighted by Crippen LogP contribution is 2.34. The molecule has 1 atom stereocenters. The van der Waals surface area contributed by atoms with Crippen molar-refractivity contribution >= 4 is 23.2 Å². The van der Waals surface area contributed by atoms with Gasteiger partial charge in [-0.2, -0.15) is 0 Å². The molecule has 2 amide bonds. The van der Waals surface area contributed by atoms with Gasteiger partial charge in [0.15, 0.2) is 0 Å². The molecule has 0 bridgehead atoms. The zero-order chi connectivity index (χ0) is 24.9. The molecule has 184 valence electrons. The largest absolute Gasteiger partial charge is 0.497 e. The highest BCUT2D eigenvalue weighted by Gasteiger charge is 2.34. The third kappa shape index (κ3) is 5.65. The summed E-state index contributed by atoms with van der Waals surface area (Å²) in [6.07, 6.45) is 0.761. The third-order valence-corrected chi connectivity index (χ3v) is 7.14. The second-order valence-electron chi connectivity index (χ2n) is 8.68. The molecule has 2 heterocycles. The van der Waals surface area contributed by atoms with E-state index in [-0.39, 0.29) is 42.9 Å². The molecule has 0 spiro atoms. The predicted octanol–water partition coefficient (Wildman–Crippen LogP) is 4.95. The maximum atomic E-state index is 13.6. The van der Waals surface area contributed by atoms with E-state index >= 15 is 0 Å². The Labute approximate surface area is 208 Å². The summed E-state index contributed by atoms with van der Waals surface area (Å²) in [6, 6.07) is 14.4. The first-order valence-electron chi connectivity index (χ1n) is 11.6. The lowest BCUT2D eigenvalue weighted by Gasteiger charge is -2.37. The lowest BCUT2D eigenvalue weighted by molar-refractivity contribution is -0.136. The summed E-state index contributed by atoms with van der Waals surface area (Å²) in [5.41, 5.74) is 1.53. The molecule has 35 heavy (non-hydrogen) atoms. The van der Waals surface area contributed by atoms with Crippen LogP contribution in [0.1, 0.15) is 40.7 Å². The minimum atomic E-state index is -0.332. The first-order valence-corrected chi connectivity index (χ1v) is 12.4. The van der Waals surface area contributed by atoms with Crippen LogP contribution in [0.5, 0.6) is 11.5 Å². The van der Waals surface area contributed by atoms with Crippen LogP contribution in [-0.2, 0) is 11.2 Å². The normalized spacial score (nSPS) is 15.0. The minimum Gasteiger partial charge on any atom is -0.497 e. The summed E-state index contributed by atoms with van der Waals surface area (Å²) in [4.78, 5) is 31.5. The van der Waals surface area contributed by atoms with Gasteiger partial charge in [-0.3, -0.25) is 9.59 Å². The fourth-order valence-corrected chi connectivity index (χ4v) is 5.16. The van der Waals surface area contributed by atoms with Gasteiger partial charge in [-0.25, -0.2) is 4.39 Å². The van der Waals surface area contributed by atoms with Crippen LogP contribution in [0.2, 0.25) is 0 Å². The van der Waals surface area contributed by atoms with E-state index in [4.69, 9.17) is 9.47 Å². The van der Waals surface area contributed by atoms with Crippen LogP contribution < -0.4 is 9.47 Å². The molecule has 3 aromatic rings. The number of hydrogen-bond acceptors (Lipinski definition) is 5. The number of thiophene rings is 1. The van der Waals surface area contributed by atoms with Gasteiger partial charge in [-0.05, 0) is 79.7 Å². The molecule has 0 unspecified atom stereocenters.